The molecule has 0 radical (unpaired) electrons. The molecule has 0 aliphatic carbocycles. The van der Waals surface area contributed by atoms with Gasteiger partial charge in [-0.2, -0.15) is 0 Å². The summed E-state index contributed by atoms with van der Waals surface area (Å²) in [6.45, 7) is 28.5. The van der Waals surface area contributed by atoms with Crippen LogP contribution in [0.2, 0.25) is 78.6 Å². The van der Waals surface area contributed by atoms with Crippen LogP contribution in [-0.2, 0) is 9.31 Å². The summed E-state index contributed by atoms with van der Waals surface area (Å²) in [5, 5.41) is 1.89. The number of hydrogen-bond donors (Lipinski definition) is 0. The van der Waals surface area contributed by atoms with E-state index in [0.717, 1.165) is 22.7 Å². The summed E-state index contributed by atoms with van der Waals surface area (Å²) in [7, 11) is -8.38. The van der Waals surface area contributed by atoms with Gasteiger partial charge in [0.15, 0.2) is 58.2 Å². The Morgan fingerprint density at radius 1 is 0.367 bits per heavy atom. The monoisotopic (exact) mass is 1680 g/mol. The van der Waals surface area contributed by atoms with Gasteiger partial charge in [-0.25, -0.2) is 57.1 Å². The van der Waals surface area contributed by atoms with Crippen LogP contribution in [0.5, 0.6) is 0 Å². The van der Waals surface area contributed by atoms with E-state index in [1.165, 1.54) is 54.6 Å². The van der Waals surface area contributed by atoms with Crippen LogP contribution < -0.4 is 26.2 Å². The minimum absolute atomic E-state index is 0. The van der Waals surface area contributed by atoms with Crippen molar-refractivity contribution in [1.82, 2.24) is 0 Å². The number of hydrogen-bond acceptors (Lipinski definition) is 2. The fourth-order valence-electron chi connectivity index (χ4n) is 8.28. The molecule has 0 unspecified atom stereocenters. The molecule has 0 saturated carbocycles. The van der Waals surface area contributed by atoms with E-state index < -0.39 is 109 Å². The van der Waals surface area contributed by atoms with E-state index >= 15 is 0 Å². The lowest BCUT2D eigenvalue weighted by Crippen LogP contribution is -2.50. The second-order valence-electron chi connectivity index (χ2n) is 25.3. The molecule has 1 fully saturated rings. The largest absolute Gasteiger partial charge is 0.497 e. The molecule has 90 heavy (non-hydrogen) atoms. The van der Waals surface area contributed by atoms with Crippen LogP contribution in [-0.4, -0.2) is 52.6 Å². The van der Waals surface area contributed by atoms with Crippen molar-refractivity contribution in [1.29, 1.82) is 0 Å². The first-order valence-corrected chi connectivity index (χ1v) is 45.3. The number of rotatable bonds is 7. The van der Waals surface area contributed by atoms with Crippen LogP contribution in [0.1, 0.15) is 21.3 Å². The van der Waals surface area contributed by atoms with Crippen LogP contribution in [0.15, 0.2) is 142 Å². The standard InChI is InChI=1S/C15H14BrF3Si.C15H14F3ISi.C14H21BF2O2Si.C9H12F2Si.C6H3BrFI.C6H4F2.CH4/c1-20(2,3)13-7-6-11(14(18)15(13)19)10-5-4-9(16)8-12(10)17;1-20(2,3)13-7-6-11(14(17)15(13)18)10-5-4-9(19)8-12(10)16;1-14(2)8-18-15(19-9-14)10-6-7-11(20(3,4)5)13(17)12(10)16;1-12(2,3)8-6-4-5-7(10)9(8)11;7-4-1-2-6(9)5(8)3-4;7-5-3-1-2-4-6(5)8;/h2*4-8H,1-3H3;6-7H,8-9H2,1-5H3;4-6H,1-3H3;1-3H;1-4H;1H4. The van der Waals surface area contributed by atoms with E-state index in [4.69, 9.17) is 9.31 Å². The van der Waals surface area contributed by atoms with Gasteiger partial charge in [0.25, 0.3) is 0 Å². The zero-order valence-corrected chi connectivity index (χ0v) is 62.9. The van der Waals surface area contributed by atoms with Gasteiger partial charge < -0.3 is 9.31 Å². The van der Waals surface area contributed by atoms with Crippen molar-refractivity contribution in [2.24, 2.45) is 5.41 Å². The Kier molecular flexibility index (Phi) is 30.3. The maximum absolute atomic E-state index is 14.3. The third kappa shape index (κ3) is 23.0. The Bertz CT molecular complexity index is 3600. The summed E-state index contributed by atoms with van der Waals surface area (Å²) in [6, 6.07) is 32.5. The highest BCUT2D eigenvalue weighted by atomic mass is 127. The molecule has 0 N–H and O–H groups in total. The zero-order valence-electron chi connectivity index (χ0n) is 51.4. The minimum atomic E-state index is -1.97. The molecule has 9 rings (SSSR count). The van der Waals surface area contributed by atoms with Gasteiger partial charge in [0.05, 0.1) is 32.3 Å². The Morgan fingerprint density at radius 3 is 1.10 bits per heavy atom. The molecule has 1 aliphatic heterocycles. The van der Waals surface area contributed by atoms with Crippen molar-refractivity contribution in [2.75, 3.05) is 13.2 Å². The molecule has 0 aromatic heterocycles. The van der Waals surface area contributed by atoms with E-state index in [2.05, 4.69) is 31.9 Å². The summed E-state index contributed by atoms with van der Waals surface area (Å²) in [4.78, 5) is 0. The van der Waals surface area contributed by atoms with Crippen molar-refractivity contribution in [2.45, 2.75) is 99.8 Å². The lowest BCUT2D eigenvalue weighted by molar-refractivity contribution is 0.0340. The topological polar surface area (TPSA) is 18.5 Å². The molecule has 1 heterocycles. The van der Waals surface area contributed by atoms with Gasteiger partial charge in [-0.05, 0) is 127 Å². The van der Waals surface area contributed by atoms with Gasteiger partial charge in [-0.3, -0.25) is 0 Å². The first kappa shape index (κ1) is 80.4. The summed E-state index contributed by atoms with van der Waals surface area (Å²) < 4.78 is 189. The SMILES string of the molecule is C.CC1(C)COB(c2ccc([Si](C)(C)C)c(F)c2F)OC1.C[Si](C)(C)c1ccc(-c2ccc(Br)cc2F)c(F)c1F.C[Si](C)(C)c1ccc(-c2ccc(I)cc2F)c(F)c1F.C[Si](C)(C)c1cccc(F)c1F.Fc1cc(Br)ccc1I.Fc1ccccc1F. The third-order valence-corrected chi connectivity index (χ3v) is 23.7. The third-order valence-electron chi connectivity index (χ3n) is 13.1. The van der Waals surface area contributed by atoms with Crippen LogP contribution in [0.3, 0.4) is 0 Å². The molecule has 0 atom stereocenters. The lowest BCUT2D eigenvalue weighted by Gasteiger charge is -2.33. The lowest BCUT2D eigenvalue weighted by atomic mass is 9.75. The molecular formula is C66H72BBr2F13I2O2Si4. The first-order chi connectivity index (χ1) is 41.0. The maximum Gasteiger partial charge on any atom is 0.497 e. The maximum atomic E-state index is 14.3. The normalized spacial score (nSPS) is 12.9. The smallest absolute Gasteiger partial charge is 0.407 e. The van der Waals surface area contributed by atoms with Gasteiger partial charge in [-0.1, -0.05) is 204 Å². The molecule has 0 amide bonds. The fourth-order valence-corrected chi connectivity index (χ4v) is 15.2. The minimum Gasteiger partial charge on any atom is -0.407 e. The van der Waals surface area contributed by atoms with Gasteiger partial charge in [0.1, 0.15) is 17.5 Å². The fraction of sp³-hybridized carbons (Fsp3) is 0.273. The average Bonchev–Trinajstić information content (AvgIpc) is 0.942. The molecule has 1 aliphatic rings. The van der Waals surface area contributed by atoms with E-state index in [9.17, 15) is 57.1 Å². The summed E-state index contributed by atoms with van der Waals surface area (Å²) >= 11 is 10.2. The van der Waals surface area contributed by atoms with Crippen molar-refractivity contribution < 1.29 is 66.4 Å². The quantitative estimate of drug-likeness (QED) is 0.0685. The number of benzene rings is 8. The van der Waals surface area contributed by atoms with E-state index in [1.54, 1.807) is 54.6 Å². The second-order valence-corrected chi connectivity index (χ2v) is 49.7. The van der Waals surface area contributed by atoms with E-state index in [-0.39, 0.29) is 46.4 Å². The molecule has 0 spiro atoms. The van der Waals surface area contributed by atoms with Gasteiger partial charge in [0, 0.05) is 62.4 Å². The second kappa shape index (κ2) is 34.0. The van der Waals surface area contributed by atoms with Crippen LogP contribution in [0.25, 0.3) is 22.3 Å². The predicted molar refractivity (Wildman–Crippen MR) is 380 cm³/mol. The molecule has 8 aromatic rings. The van der Waals surface area contributed by atoms with Gasteiger partial charge in [0.2, 0.25) is 0 Å². The van der Waals surface area contributed by atoms with Crippen LogP contribution in [0, 0.1) is 88.2 Å². The predicted octanol–water partition coefficient (Wildman–Crippen LogP) is 20.6. The van der Waals surface area contributed by atoms with E-state index in [1.807, 2.05) is 144 Å². The van der Waals surface area contributed by atoms with Crippen LogP contribution >= 0.6 is 77.0 Å². The Morgan fingerprint density at radius 2 is 0.722 bits per heavy atom. The Hall–Kier alpha value is -3.88. The van der Waals surface area contributed by atoms with Crippen LogP contribution in [0.4, 0.5) is 57.1 Å². The molecule has 24 heteroatoms. The van der Waals surface area contributed by atoms with Crippen molar-refractivity contribution in [3.8, 4) is 22.3 Å². The highest BCUT2D eigenvalue weighted by Crippen LogP contribution is 2.31. The van der Waals surface area contributed by atoms with Crippen molar-refractivity contribution in [3.63, 3.8) is 0 Å². The molecule has 486 valence electrons. The van der Waals surface area contributed by atoms with E-state index in [0.29, 0.717) is 45.6 Å². The molecule has 0 bridgehead atoms. The summed E-state index contributed by atoms with van der Waals surface area (Å²) in [5.41, 5.74) is 0.132. The van der Waals surface area contributed by atoms with Gasteiger partial charge >= 0.3 is 7.12 Å². The molecule has 8 aromatic carbocycles. The first-order valence-electron chi connectivity index (χ1n) is 27.5. The summed E-state index contributed by atoms with van der Waals surface area (Å²) in [5.74, 6) is -9.56. The zero-order chi connectivity index (χ0) is 67.5. The molecule has 2 nitrogen and oxygen atoms in total. The van der Waals surface area contributed by atoms with Crippen molar-refractivity contribution >= 4 is 143 Å². The number of halogens is 17. The average molecular weight is 1680 g/mol. The molecule has 1 saturated heterocycles. The highest BCUT2D eigenvalue weighted by Gasteiger charge is 2.37. The Labute approximate surface area is 569 Å². The highest BCUT2D eigenvalue weighted by molar-refractivity contribution is 14.1. The van der Waals surface area contributed by atoms with Crippen molar-refractivity contribution in [3.05, 3.63) is 225 Å². The van der Waals surface area contributed by atoms with Gasteiger partial charge in [-0.15, -0.1) is 0 Å². The Balaban J connectivity index is 0.000000290. The molecular weight excluding hydrogens is 1610 g/mol. The summed E-state index contributed by atoms with van der Waals surface area (Å²) in [6.07, 6.45) is 0.